The Labute approximate surface area is 118 Å². The number of hydrogen-bond acceptors (Lipinski definition) is 2. The summed E-state index contributed by atoms with van der Waals surface area (Å²) in [5, 5.41) is 6.99. The van der Waals surface area contributed by atoms with Crippen molar-refractivity contribution in [1.82, 2.24) is 10.6 Å². The minimum atomic E-state index is -0.219. The van der Waals surface area contributed by atoms with Gasteiger partial charge in [0.1, 0.15) is 5.82 Å². The summed E-state index contributed by atoms with van der Waals surface area (Å²) in [6, 6.07) is 6.53. The lowest BCUT2D eigenvalue weighted by molar-refractivity contribution is 0.623. The average molecular weight is 286 g/mol. The Hall–Kier alpha value is -0.810. The smallest absolute Gasteiger partial charge is 0.166 e. The van der Waals surface area contributed by atoms with Gasteiger partial charge in [-0.1, -0.05) is 12.1 Å². The monoisotopic (exact) mass is 286 g/mol. The molecule has 0 unspecified atom stereocenters. The quantitative estimate of drug-likeness (QED) is 0.620. The van der Waals surface area contributed by atoms with Gasteiger partial charge in [-0.15, -0.1) is 0 Å². The third kappa shape index (κ3) is 5.69. The van der Waals surface area contributed by atoms with Crippen molar-refractivity contribution in [3.05, 3.63) is 35.6 Å². The molecule has 0 amide bonds. The molecule has 0 aliphatic rings. The largest absolute Gasteiger partial charge is 0.363 e. The van der Waals surface area contributed by atoms with Crippen molar-refractivity contribution in [2.45, 2.75) is 19.4 Å². The van der Waals surface area contributed by atoms with Crippen molar-refractivity contribution in [3.8, 4) is 0 Å². The lowest BCUT2D eigenvalue weighted by atomic mass is 10.1. The fraction of sp³-hybridized carbons (Fsp3) is 0.462. The van der Waals surface area contributed by atoms with Crippen LogP contribution in [0.3, 0.4) is 0 Å². The predicted octanol–water partition coefficient (Wildman–Crippen LogP) is 3.10. The number of rotatable bonds is 6. The van der Waals surface area contributed by atoms with Crippen LogP contribution in [0.1, 0.15) is 24.9 Å². The zero-order chi connectivity index (χ0) is 13.4. The number of hydrogen-bond donors (Lipinski definition) is 2. The average Bonchev–Trinajstić information content (AvgIpc) is 2.35. The van der Waals surface area contributed by atoms with Crippen molar-refractivity contribution in [3.63, 3.8) is 0 Å². The zero-order valence-corrected chi connectivity index (χ0v) is 12.3. The second-order valence-corrected chi connectivity index (χ2v) is 5.41. The van der Waals surface area contributed by atoms with Crippen LogP contribution in [0.25, 0.3) is 0 Å². The Bertz CT molecular complexity index is 368. The second-order valence-electron chi connectivity index (χ2n) is 4.02. The highest BCUT2D eigenvalue weighted by Crippen LogP contribution is 2.12. The second kappa shape index (κ2) is 8.32. The molecule has 100 valence electrons. The number of benzene rings is 1. The van der Waals surface area contributed by atoms with Crippen LogP contribution in [0.2, 0.25) is 0 Å². The van der Waals surface area contributed by atoms with Crippen molar-refractivity contribution in [2.75, 3.05) is 18.6 Å². The van der Waals surface area contributed by atoms with E-state index in [-0.39, 0.29) is 11.9 Å². The van der Waals surface area contributed by atoms with E-state index < -0.39 is 0 Å². The highest BCUT2D eigenvalue weighted by molar-refractivity contribution is 7.98. The Morgan fingerprint density at radius 2 is 2.06 bits per heavy atom. The topological polar surface area (TPSA) is 24.1 Å². The molecule has 18 heavy (non-hydrogen) atoms. The van der Waals surface area contributed by atoms with Crippen LogP contribution in [0, 0.1) is 5.82 Å². The first kappa shape index (κ1) is 15.2. The maximum atomic E-state index is 12.8. The van der Waals surface area contributed by atoms with E-state index >= 15 is 0 Å². The van der Waals surface area contributed by atoms with Gasteiger partial charge in [0.15, 0.2) is 5.11 Å². The molecule has 1 rings (SSSR count). The minimum Gasteiger partial charge on any atom is -0.363 e. The Morgan fingerprint density at radius 1 is 1.39 bits per heavy atom. The minimum absolute atomic E-state index is 0.0751. The third-order valence-corrected chi connectivity index (χ3v) is 3.49. The van der Waals surface area contributed by atoms with E-state index in [1.807, 2.05) is 18.7 Å². The van der Waals surface area contributed by atoms with Crippen LogP contribution < -0.4 is 10.6 Å². The van der Waals surface area contributed by atoms with E-state index in [2.05, 4.69) is 16.9 Å². The standard InChI is InChI=1S/C13H19FN2S2/c1-10(11-4-6-12(14)7-5-11)16-13(17)15-8-3-9-18-2/h4-7,10H,3,8-9H2,1-2H3,(H2,15,16,17)/t10-/m0/s1. The number of halogens is 1. The fourth-order valence-corrected chi connectivity index (χ4v) is 2.21. The van der Waals surface area contributed by atoms with Gasteiger partial charge < -0.3 is 10.6 Å². The molecule has 0 aliphatic heterocycles. The lowest BCUT2D eigenvalue weighted by Crippen LogP contribution is -2.37. The van der Waals surface area contributed by atoms with E-state index in [9.17, 15) is 4.39 Å². The van der Waals surface area contributed by atoms with Crippen molar-refractivity contribution in [2.24, 2.45) is 0 Å². The van der Waals surface area contributed by atoms with Crippen LogP contribution >= 0.6 is 24.0 Å². The Kier molecular flexibility index (Phi) is 7.05. The lowest BCUT2D eigenvalue weighted by Gasteiger charge is -2.17. The Morgan fingerprint density at radius 3 is 2.67 bits per heavy atom. The van der Waals surface area contributed by atoms with Gasteiger partial charge in [-0.2, -0.15) is 11.8 Å². The molecule has 0 saturated heterocycles. The molecule has 0 radical (unpaired) electrons. The van der Waals surface area contributed by atoms with Crippen LogP contribution in [0.5, 0.6) is 0 Å². The molecule has 2 nitrogen and oxygen atoms in total. The van der Waals surface area contributed by atoms with Gasteiger partial charge in [0.05, 0.1) is 6.04 Å². The molecule has 2 N–H and O–H groups in total. The Balaban J connectivity index is 2.33. The summed E-state index contributed by atoms with van der Waals surface area (Å²) in [5.41, 5.74) is 1.02. The van der Waals surface area contributed by atoms with E-state index in [1.165, 1.54) is 12.1 Å². The molecular formula is C13H19FN2S2. The van der Waals surface area contributed by atoms with E-state index in [1.54, 1.807) is 12.1 Å². The molecule has 0 fully saturated rings. The van der Waals surface area contributed by atoms with Gasteiger partial charge in [0.25, 0.3) is 0 Å². The molecule has 1 aromatic rings. The van der Waals surface area contributed by atoms with Crippen molar-refractivity contribution in [1.29, 1.82) is 0 Å². The van der Waals surface area contributed by atoms with Gasteiger partial charge in [-0.25, -0.2) is 4.39 Å². The SMILES string of the molecule is CSCCCNC(=S)N[C@@H](C)c1ccc(F)cc1. The van der Waals surface area contributed by atoms with Gasteiger partial charge in [0, 0.05) is 6.54 Å². The molecule has 5 heteroatoms. The fourth-order valence-electron chi connectivity index (χ4n) is 1.50. The highest BCUT2D eigenvalue weighted by atomic mass is 32.2. The third-order valence-electron chi connectivity index (χ3n) is 2.53. The summed E-state index contributed by atoms with van der Waals surface area (Å²) in [6.45, 7) is 2.88. The van der Waals surface area contributed by atoms with Gasteiger partial charge >= 0.3 is 0 Å². The van der Waals surface area contributed by atoms with Crippen LogP contribution in [-0.2, 0) is 0 Å². The van der Waals surface area contributed by atoms with Gasteiger partial charge in [-0.05, 0) is 55.3 Å². The molecule has 1 aromatic carbocycles. The summed E-state index contributed by atoms with van der Waals surface area (Å²) < 4.78 is 12.8. The molecular weight excluding hydrogens is 267 g/mol. The summed E-state index contributed by atoms with van der Waals surface area (Å²) in [4.78, 5) is 0. The molecule has 0 bridgehead atoms. The van der Waals surface area contributed by atoms with Crippen LogP contribution in [-0.4, -0.2) is 23.7 Å². The highest BCUT2D eigenvalue weighted by Gasteiger charge is 2.06. The van der Waals surface area contributed by atoms with Crippen molar-refractivity contribution >= 4 is 29.1 Å². The van der Waals surface area contributed by atoms with Gasteiger partial charge in [-0.3, -0.25) is 0 Å². The summed E-state index contributed by atoms with van der Waals surface area (Å²) in [5.74, 6) is 0.909. The molecule has 0 saturated carbocycles. The van der Waals surface area contributed by atoms with Crippen LogP contribution in [0.15, 0.2) is 24.3 Å². The van der Waals surface area contributed by atoms with E-state index in [0.717, 1.165) is 24.3 Å². The van der Waals surface area contributed by atoms with Crippen molar-refractivity contribution < 1.29 is 4.39 Å². The maximum Gasteiger partial charge on any atom is 0.166 e. The first-order valence-corrected chi connectivity index (χ1v) is 7.72. The first-order valence-electron chi connectivity index (χ1n) is 5.92. The number of thiocarbonyl (C=S) groups is 1. The number of nitrogens with one attached hydrogen (secondary N) is 2. The summed E-state index contributed by atoms with van der Waals surface area (Å²) in [6.07, 6.45) is 3.18. The number of thioether (sulfide) groups is 1. The molecule has 0 aromatic heterocycles. The predicted molar refractivity (Wildman–Crippen MR) is 81.6 cm³/mol. The molecule has 0 spiro atoms. The zero-order valence-electron chi connectivity index (χ0n) is 10.7. The maximum absolute atomic E-state index is 12.8. The molecule has 1 atom stereocenters. The molecule has 0 aliphatic carbocycles. The normalized spacial score (nSPS) is 11.9. The summed E-state index contributed by atoms with van der Waals surface area (Å²) in [7, 11) is 0. The van der Waals surface area contributed by atoms with Gasteiger partial charge in [0.2, 0.25) is 0 Å². The molecule has 0 heterocycles. The van der Waals surface area contributed by atoms with E-state index in [4.69, 9.17) is 12.2 Å². The first-order chi connectivity index (χ1) is 8.63. The van der Waals surface area contributed by atoms with Crippen LogP contribution in [0.4, 0.5) is 4.39 Å². The van der Waals surface area contributed by atoms with E-state index in [0.29, 0.717) is 5.11 Å². The summed E-state index contributed by atoms with van der Waals surface area (Å²) >= 11 is 7.03.